The van der Waals surface area contributed by atoms with E-state index in [1.165, 1.54) is 30.3 Å². The van der Waals surface area contributed by atoms with E-state index in [1.54, 1.807) is 6.07 Å². The van der Waals surface area contributed by atoms with Crippen LogP contribution in [0.1, 0.15) is 21.8 Å². The zero-order valence-corrected chi connectivity index (χ0v) is 10.5. The van der Waals surface area contributed by atoms with Crippen molar-refractivity contribution in [3.8, 4) is 0 Å². The summed E-state index contributed by atoms with van der Waals surface area (Å²) in [6, 6.07) is 8.73. The predicted molar refractivity (Wildman–Crippen MR) is 68.4 cm³/mol. The van der Waals surface area contributed by atoms with Crippen molar-refractivity contribution in [1.82, 2.24) is 0 Å². The first-order chi connectivity index (χ1) is 8.79. The lowest BCUT2D eigenvalue weighted by molar-refractivity contribution is 0.100. The molecule has 2 rings (SSSR count). The van der Waals surface area contributed by atoms with Gasteiger partial charge in [0.25, 0.3) is 0 Å². The molecule has 0 bridgehead atoms. The molecule has 4 N–H and O–H groups in total. The summed E-state index contributed by atoms with van der Waals surface area (Å²) >= 11 is 0. The number of amides is 1. The molecule has 0 aliphatic carbocycles. The number of halogens is 1. The molecule has 0 fully saturated rings. The van der Waals surface area contributed by atoms with E-state index in [0.29, 0.717) is 10.8 Å². The van der Waals surface area contributed by atoms with E-state index in [-0.39, 0.29) is 11.1 Å². The van der Waals surface area contributed by atoms with Gasteiger partial charge in [-0.3, -0.25) is 9.36 Å². The molecule has 1 amide bonds. The van der Waals surface area contributed by atoms with Crippen molar-refractivity contribution in [2.45, 2.75) is 5.91 Å². The van der Waals surface area contributed by atoms with Gasteiger partial charge in [0.2, 0.25) is 11.8 Å². The Bertz CT molecular complexity index is 697. The maximum Gasteiger partial charge on any atom is 0.363 e. The summed E-state index contributed by atoms with van der Waals surface area (Å²) < 4.78 is 24.5. The summed E-state index contributed by atoms with van der Waals surface area (Å²) in [5, 5.41) is 1.21. The Morgan fingerprint density at radius 2 is 1.79 bits per heavy atom. The summed E-state index contributed by atoms with van der Waals surface area (Å²) in [6.45, 7) is 0. The molecule has 0 heterocycles. The van der Waals surface area contributed by atoms with E-state index >= 15 is 0 Å². The molecular weight excluding hydrogens is 272 g/mol. The predicted octanol–water partition coefficient (Wildman–Crippen LogP) is 2.08. The number of carbonyl (C=O) groups is 1. The summed E-state index contributed by atoms with van der Waals surface area (Å²) in [7, 11) is -4.85. The van der Waals surface area contributed by atoms with Gasteiger partial charge in [-0.25, -0.2) is 4.39 Å². The van der Waals surface area contributed by atoms with Gasteiger partial charge in [-0.15, -0.1) is 0 Å². The van der Waals surface area contributed by atoms with Gasteiger partial charge in [-0.2, -0.15) is 0 Å². The van der Waals surface area contributed by atoms with Crippen LogP contribution in [0.5, 0.6) is 0 Å². The van der Waals surface area contributed by atoms with Crippen molar-refractivity contribution in [3.05, 3.63) is 47.5 Å². The second-order valence-corrected chi connectivity index (χ2v) is 5.74. The van der Waals surface area contributed by atoms with Crippen LogP contribution in [0.2, 0.25) is 0 Å². The van der Waals surface area contributed by atoms with Crippen LogP contribution in [0.3, 0.4) is 0 Å². The monoisotopic (exact) mass is 283 g/mol. The average molecular weight is 283 g/mol. The van der Waals surface area contributed by atoms with E-state index in [1.807, 2.05) is 0 Å². The van der Waals surface area contributed by atoms with Gasteiger partial charge in [0.15, 0.2) is 0 Å². The van der Waals surface area contributed by atoms with Crippen LogP contribution in [0, 0.1) is 0 Å². The molecule has 0 saturated heterocycles. The van der Waals surface area contributed by atoms with Crippen LogP contribution in [0.15, 0.2) is 36.4 Å². The van der Waals surface area contributed by atoms with Crippen molar-refractivity contribution >= 4 is 24.3 Å². The quantitative estimate of drug-likeness (QED) is 0.751. The zero-order valence-electron chi connectivity index (χ0n) is 9.65. The SMILES string of the molecule is NC(=O)c1ccc2ccc(C(F)P(=O)(O)O)cc2c1. The Morgan fingerprint density at radius 3 is 2.37 bits per heavy atom. The fourth-order valence-electron chi connectivity index (χ4n) is 1.76. The van der Waals surface area contributed by atoms with Gasteiger partial charge < -0.3 is 15.5 Å². The number of alkyl halides is 1. The van der Waals surface area contributed by atoms with E-state index in [2.05, 4.69) is 0 Å². The van der Waals surface area contributed by atoms with Crippen molar-refractivity contribution in [2.24, 2.45) is 5.73 Å². The fraction of sp³-hybridized carbons (Fsp3) is 0.0833. The third kappa shape index (κ3) is 2.81. The molecule has 5 nitrogen and oxygen atoms in total. The first-order valence-corrected chi connectivity index (χ1v) is 7.00. The van der Waals surface area contributed by atoms with Crippen LogP contribution in [0.25, 0.3) is 10.8 Å². The standard InChI is InChI=1S/C12H11FNO4P/c13-11(19(16,17)18)8-3-1-7-2-4-9(12(14)15)6-10(7)5-8/h1-6,11H,(H2,14,15)(H2,16,17,18). The maximum atomic E-state index is 13.6. The Hall–Kier alpha value is -1.75. The maximum absolute atomic E-state index is 13.6. The van der Waals surface area contributed by atoms with Crippen molar-refractivity contribution < 1.29 is 23.5 Å². The highest BCUT2D eigenvalue weighted by Gasteiger charge is 2.30. The molecule has 0 saturated carbocycles. The number of fused-ring (bicyclic) bond motifs is 1. The highest BCUT2D eigenvalue weighted by Crippen LogP contribution is 2.52. The Morgan fingerprint density at radius 1 is 1.16 bits per heavy atom. The normalized spacial score (nSPS) is 13.4. The minimum atomic E-state index is -4.85. The minimum absolute atomic E-state index is 0.137. The van der Waals surface area contributed by atoms with Crippen molar-refractivity contribution in [1.29, 1.82) is 0 Å². The van der Waals surface area contributed by atoms with Gasteiger partial charge in [0.1, 0.15) is 0 Å². The zero-order chi connectivity index (χ0) is 14.2. The van der Waals surface area contributed by atoms with Gasteiger partial charge in [-0.05, 0) is 34.5 Å². The molecule has 7 heteroatoms. The molecule has 2 aromatic carbocycles. The highest BCUT2D eigenvalue weighted by atomic mass is 31.2. The third-order valence-corrected chi connectivity index (χ3v) is 3.61. The molecule has 2 aromatic rings. The van der Waals surface area contributed by atoms with Crippen molar-refractivity contribution in [3.63, 3.8) is 0 Å². The smallest absolute Gasteiger partial charge is 0.363 e. The van der Waals surface area contributed by atoms with Gasteiger partial charge >= 0.3 is 7.60 Å². The van der Waals surface area contributed by atoms with E-state index < -0.39 is 19.4 Å². The molecular formula is C12H11FNO4P. The number of primary amides is 1. The van der Waals surface area contributed by atoms with Crippen LogP contribution >= 0.6 is 7.60 Å². The van der Waals surface area contributed by atoms with Crippen LogP contribution < -0.4 is 5.73 Å². The molecule has 1 unspecified atom stereocenters. The Balaban J connectivity index is 2.55. The molecule has 100 valence electrons. The van der Waals surface area contributed by atoms with E-state index in [9.17, 15) is 13.8 Å². The third-order valence-electron chi connectivity index (χ3n) is 2.72. The Kier molecular flexibility index (Phi) is 3.41. The number of hydrogen-bond donors (Lipinski definition) is 3. The molecule has 0 radical (unpaired) electrons. The summed E-state index contributed by atoms with van der Waals surface area (Å²) in [5.74, 6) is -3.01. The molecule has 0 spiro atoms. The molecule has 19 heavy (non-hydrogen) atoms. The molecule has 0 aliphatic rings. The van der Waals surface area contributed by atoms with E-state index in [4.69, 9.17) is 15.5 Å². The number of carbonyl (C=O) groups excluding carboxylic acids is 1. The summed E-state index contributed by atoms with van der Waals surface area (Å²) in [5.41, 5.74) is 5.24. The summed E-state index contributed by atoms with van der Waals surface area (Å²) in [6.07, 6.45) is 0. The average Bonchev–Trinajstić information content (AvgIpc) is 2.35. The number of rotatable bonds is 3. The van der Waals surface area contributed by atoms with Crippen LogP contribution in [0.4, 0.5) is 4.39 Å². The van der Waals surface area contributed by atoms with Gasteiger partial charge in [0.05, 0.1) is 0 Å². The number of benzene rings is 2. The highest BCUT2D eigenvalue weighted by molar-refractivity contribution is 7.51. The number of nitrogens with two attached hydrogens (primary N) is 1. The Labute approximate surface area is 108 Å². The number of hydrogen-bond acceptors (Lipinski definition) is 2. The second kappa shape index (κ2) is 4.74. The van der Waals surface area contributed by atoms with Crippen LogP contribution in [-0.2, 0) is 4.57 Å². The topological polar surface area (TPSA) is 101 Å². The lowest BCUT2D eigenvalue weighted by Crippen LogP contribution is -2.10. The lowest BCUT2D eigenvalue weighted by Gasteiger charge is -2.11. The second-order valence-electron chi connectivity index (χ2n) is 4.11. The fourth-order valence-corrected chi connectivity index (χ4v) is 2.31. The molecule has 1 atom stereocenters. The summed E-state index contributed by atoms with van der Waals surface area (Å²) in [4.78, 5) is 28.7. The molecule has 0 aliphatic heterocycles. The van der Waals surface area contributed by atoms with Gasteiger partial charge in [-0.1, -0.05) is 18.2 Å². The lowest BCUT2D eigenvalue weighted by atomic mass is 10.0. The minimum Gasteiger partial charge on any atom is -0.366 e. The first kappa shape index (κ1) is 13.7. The first-order valence-electron chi connectivity index (χ1n) is 5.32. The largest absolute Gasteiger partial charge is 0.366 e. The van der Waals surface area contributed by atoms with Crippen LogP contribution in [-0.4, -0.2) is 15.7 Å². The van der Waals surface area contributed by atoms with Gasteiger partial charge in [0, 0.05) is 5.56 Å². The molecule has 0 aromatic heterocycles. The van der Waals surface area contributed by atoms with Crippen molar-refractivity contribution in [2.75, 3.05) is 0 Å². The van der Waals surface area contributed by atoms with E-state index in [0.717, 1.165) is 0 Å².